The number of nitrogens with one attached hydrogen (secondary N) is 2. The monoisotopic (exact) mass is 402 g/mol. The SMILES string of the molecule is Cc1c(C)c(C)c(C(=O)OCC(=O)NNC(=O)c2ccc(Cl)cc2)c(C)c1C. The lowest BCUT2D eigenvalue weighted by atomic mass is 9.90. The number of carbonyl (C=O) groups is 3. The third-order valence-electron chi connectivity index (χ3n) is 4.96. The molecule has 0 aliphatic heterocycles. The third kappa shape index (κ3) is 4.70. The maximum atomic E-state index is 12.5. The van der Waals surface area contributed by atoms with Gasteiger partial charge in [0.2, 0.25) is 0 Å². The molecule has 0 bridgehead atoms. The summed E-state index contributed by atoms with van der Waals surface area (Å²) >= 11 is 5.77. The van der Waals surface area contributed by atoms with Crippen molar-refractivity contribution in [3.05, 3.63) is 68.2 Å². The van der Waals surface area contributed by atoms with E-state index in [-0.39, 0.29) is 0 Å². The molecule has 0 unspecified atom stereocenters. The molecule has 0 heterocycles. The van der Waals surface area contributed by atoms with Crippen molar-refractivity contribution < 1.29 is 19.1 Å². The molecule has 0 atom stereocenters. The molecule has 2 aromatic rings. The molecule has 0 aliphatic rings. The minimum Gasteiger partial charge on any atom is -0.452 e. The number of rotatable bonds is 4. The molecule has 2 amide bonds. The topological polar surface area (TPSA) is 84.5 Å². The minimum atomic E-state index is -0.647. The van der Waals surface area contributed by atoms with Gasteiger partial charge in [0.15, 0.2) is 6.61 Å². The first-order valence-corrected chi connectivity index (χ1v) is 9.10. The summed E-state index contributed by atoms with van der Waals surface area (Å²) in [5.41, 5.74) is 10.1. The normalized spacial score (nSPS) is 10.4. The van der Waals surface area contributed by atoms with Gasteiger partial charge in [0.05, 0.1) is 5.56 Å². The minimum absolute atomic E-state index is 0.332. The van der Waals surface area contributed by atoms with Gasteiger partial charge in [-0.3, -0.25) is 20.4 Å². The maximum absolute atomic E-state index is 12.5. The Labute approximate surface area is 169 Å². The van der Waals surface area contributed by atoms with Crippen LogP contribution in [-0.4, -0.2) is 24.4 Å². The molecule has 2 N–H and O–H groups in total. The van der Waals surface area contributed by atoms with Gasteiger partial charge in [0, 0.05) is 10.6 Å². The van der Waals surface area contributed by atoms with Crippen LogP contribution >= 0.6 is 11.6 Å². The Morgan fingerprint density at radius 1 is 0.821 bits per heavy atom. The Morgan fingerprint density at radius 2 is 1.32 bits per heavy atom. The van der Waals surface area contributed by atoms with Crippen LogP contribution in [-0.2, 0) is 9.53 Å². The molecule has 28 heavy (non-hydrogen) atoms. The van der Waals surface area contributed by atoms with Crippen molar-refractivity contribution in [2.45, 2.75) is 34.6 Å². The summed E-state index contributed by atoms with van der Waals surface area (Å²) in [6.07, 6.45) is 0. The summed E-state index contributed by atoms with van der Waals surface area (Å²) < 4.78 is 5.14. The number of hydrogen-bond acceptors (Lipinski definition) is 4. The quantitative estimate of drug-likeness (QED) is 0.605. The zero-order valence-corrected chi connectivity index (χ0v) is 17.3. The van der Waals surface area contributed by atoms with E-state index in [4.69, 9.17) is 16.3 Å². The number of carbonyl (C=O) groups excluding carboxylic acids is 3. The smallest absolute Gasteiger partial charge is 0.339 e. The van der Waals surface area contributed by atoms with E-state index in [0.29, 0.717) is 16.1 Å². The molecule has 0 spiro atoms. The molecular formula is C21H23ClN2O4. The van der Waals surface area contributed by atoms with Crippen LogP contribution in [0.25, 0.3) is 0 Å². The van der Waals surface area contributed by atoms with E-state index in [1.165, 1.54) is 12.1 Å². The van der Waals surface area contributed by atoms with E-state index in [1.807, 2.05) is 34.6 Å². The zero-order chi connectivity index (χ0) is 21.0. The van der Waals surface area contributed by atoms with Gasteiger partial charge in [0.1, 0.15) is 0 Å². The molecule has 148 valence electrons. The van der Waals surface area contributed by atoms with Gasteiger partial charge in [-0.25, -0.2) is 4.79 Å². The van der Waals surface area contributed by atoms with Crippen molar-refractivity contribution >= 4 is 29.4 Å². The standard InChI is InChI=1S/C21H23ClN2O4/c1-11-12(2)14(4)19(15(5)13(11)3)21(27)28-10-18(25)23-24-20(26)16-6-8-17(22)9-7-16/h6-9H,10H2,1-5H3,(H,23,25)(H,24,26). The highest BCUT2D eigenvalue weighted by Crippen LogP contribution is 2.26. The van der Waals surface area contributed by atoms with Crippen molar-refractivity contribution in [1.82, 2.24) is 10.9 Å². The van der Waals surface area contributed by atoms with Crippen LogP contribution in [0.1, 0.15) is 48.5 Å². The molecule has 0 aromatic heterocycles. The van der Waals surface area contributed by atoms with Crippen molar-refractivity contribution in [2.75, 3.05) is 6.61 Å². The lowest BCUT2D eigenvalue weighted by molar-refractivity contribution is -0.125. The van der Waals surface area contributed by atoms with E-state index in [1.54, 1.807) is 12.1 Å². The Morgan fingerprint density at radius 3 is 1.86 bits per heavy atom. The lowest BCUT2D eigenvalue weighted by Crippen LogP contribution is -2.43. The number of halogens is 1. The fourth-order valence-electron chi connectivity index (χ4n) is 2.85. The van der Waals surface area contributed by atoms with Crippen LogP contribution in [0.3, 0.4) is 0 Å². The second kappa shape index (κ2) is 8.89. The van der Waals surface area contributed by atoms with Gasteiger partial charge in [-0.2, -0.15) is 0 Å². The van der Waals surface area contributed by atoms with Gasteiger partial charge in [-0.1, -0.05) is 11.6 Å². The predicted molar refractivity (Wildman–Crippen MR) is 107 cm³/mol. The van der Waals surface area contributed by atoms with E-state index in [2.05, 4.69) is 10.9 Å². The molecule has 0 radical (unpaired) electrons. The van der Waals surface area contributed by atoms with Crippen molar-refractivity contribution in [3.63, 3.8) is 0 Å². The first-order chi connectivity index (χ1) is 13.1. The first-order valence-electron chi connectivity index (χ1n) is 8.72. The number of hydrazine groups is 1. The van der Waals surface area contributed by atoms with Gasteiger partial charge in [-0.05, 0) is 86.7 Å². The van der Waals surface area contributed by atoms with Crippen molar-refractivity contribution in [1.29, 1.82) is 0 Å². The van der Waals surface area contributed by atoms with E-state index in [9.17, 15) is 14.4 Å². The molecular weight excluding hydrogens is 380 g/mol. The number of benzene rings is 2. The van der Waals surface area contributed by atoms with Crippen LogP contribution in [0.2, 0.25) is 5.02 Å². The number of hydrogen-bond donors (Lipinski definition) is 2. The molecule has 2 aromatic carbocycles. The Bertz CT molecular complexity index is 907. The van der Waals surface area contributed by atoms with E-state index < -0.39 is 24.4 Å². The second-order valence-electron chi connectivity index (χ2n) is 6.59. The molecule has 0 saturated heterocycles. The lowest BCUT2D eigenvalue weighted by Gasteiger charge is -2.17. The summed E-state index contributed by atoms with van der Waals surface area (Å²) in [4.78, 5) is 36.3. The van der Waals surface area contributed by atoms with Crippen LogP contribution in [0.5, 0.6) is 0 Å². The maximum Gasteiger partial charge on any atom is 0.339 e. The number of ether oxygens (including phenoxy) is 1. The Balaban J connectivity index is 1.95. The van der Waals surface area contributed by atoms with Crippen molar-refractivity contribution in [3.8, 4) is 0 Å². The number of amides is 2. The second-order valence-corrected chi connectivity index (χ2v) is 7.02. The molecule has 0 saturated carbocycles. The van der Waals surface area contributed by atoms with Crippen molar-refractivity contribution in [2.24, 2.45) is 0 Å². The van der Waals surface area contributed by atoms with Gasteiger partial charge in [0.25, 0.3) is 11.8 Å². The average Bonchev–Trinajstić information content (AvgIpc) is 2.68. The number of esters is 1. The largest absolute Gasteiger partial charge is 0.452 e. The molecule has 6 nitrogen and oxygen atoms in total. The summed E-state index contributed by atoms with van der Waals surface area (Å²) in [5.74, 6) is -1.72. The van der Waals surface area contributed by atoms with Gasteiger partial charge >= 0.3 is 5.97 Å². The van der Waals surface area contributed by atoms with Crippen LogP contribution in [0.15, 0.2) is 24.3 Å². The fourth-order valence-corrected chi connectivity index (χ4v) is 2.97. The molecule has 2 rings (SSSR count). The Kier molecular flexibility index (Phi) is 6.80. The zero-order valence-electron chi connectivity index (χ0n) is 16.5. The van der Waals surface area contributed by atoms with Crippen LogP contribution < -0.4 is 10.9 Å². The molecule has 0 aliphatic carbocycles. The van der Waals surface area contributed by atoms with Crippen LogP contribution in [0.4, 0.5) is 0 Å². The summed E-state index contributed by atoms with van der Waals surface area (Å²) in [6.45, 7) is 9.12. The average molecular weight is 403 g/mol. The summed E-state index contributed by atoms with van der Waals surface area (Å²) in [5, 5.41) is 0.500. The fraction of sp³-hybridized carbons (Fsp3) is 0.286. The van der Waals surface area contributed by atoms with Crippen LogP contribution in [0, 0.1) is 34.6 Å². The first kappa shape index (κ1) is 21.4. The highest BCUT2D eigenvalue weighted by Gasteiger charge is 2.20. The molecule has 7 heteroatoms. The van der Waals surface area contributed by atoms with Gasteiger partial charge in [-0.15, -0.1) is 0 Å². The Hall–Kier alpha value is -2.86. The predicted octanol–water partition coefficient (Wildman–Crippen LogP) is 3.50. The highest BCUT2D eigenvalue weighted by molar-refractivity contribution is 6.30. The highest BCUT2D eigenvalue weighted by atomic mass is 35.5. The summed E-state index contributed by atoms with van der Waals surface area (Å²) in [7, 11) is 0. The van der Waals surface area contributed by atoms with E-state index in [0.717, 1.165) is 27.8 Å². The van der Waals surface area contributed by atoms with Gasteiger partial charge < -0.3 is 4.74 Å². The van der Waals surface area contributed by atoms with E-state index >= 15 is 0 Å². The summed E-state index contributed by atoms with van der Waals surface area (Å²) in [6, 6.07) is 6.18. The molecule has 0 fully saturated rings. The third-order valence-corrected chi connectivity index (χ3v) is 5.21.